The molecule has 0 saturated carbocycles. The highest BCUT2D eigenvalue weighted by Crippen LogP contribution is 2.16. The Morgan fingerprint density at radius 2 is 2.00 bits per heavy atom. The van der Waals surface area contributed by atoms with Gasteiger partial charge in [-0.05, 0) is 54.6 Å². The molecule has 0 unspecified atom stereocenters. The number of imide groups is 1. The molecule has 0 aromatic heterocycles. The van der Waals surface area contributed by atoms with Crippen molar-refractivity contribution in [3.8, 4) is 0 Å². The van der Waals surface area contributed by atoms with E-state index in [-0.39, 0.29) is 17.3 Å². The Morgan fingerprint density at radius 3 is 2.62 bits per heavy atom. The average molecular weight is 405 g/mol. The zero-order valence-electron chi connectivity index (χ0n) is 11.6. The molecule has 0 radical (unpaired) electrons. The van der Waals surface area contributed by atoms with Gasteiger partial charge in [-0.15, -0.1) is 0 Å². The van der Waals surface area contributed by atoms with E-state index in [1.807, 2.05) is 27.9 Å². The van der Waals surface area contributed by atoms with Gasteiger partial charge in [-0.25, -0.2) is 9.59 Å². The molecule has 0 saturated heterocycles. The minimum atomic E-state index is -0.717. The van der Waals surface area contributed by atoms with E-state index in [0.717, 1.165) is 3.57 Å². The molecule has 0 fully saturated rings. The summed E-state index contributed by atoms with van der Waals surface area (Å²) in [6.45, 7) is 2.95. The minimum Gasteiger partial charge on any atom is -0.452 e. The fourth-order valence-electron chi connectivity index (χ4n) is 1.38. The lowest BCUT2D eigenvalue weighted by molar-refractivity contribution is -0.123. The monoisotopic (exact) mass is 405 g/mol. The van der Waals surface area contributed by atoms with Gasteiger partial charge in [-0.2, -0.15) is 0 Å². The molecule has 0 aliphatic carbocycles. The number of nitrogens with one attached hydrogen (secondary N) is 2. The third-order valence-corrected chi connectivity index (χ3v) is 2.91. The van der Waals surface area contributed by atoms with Crippen molar-refractivity contribution in [3.63, 3.8) is 0 Å². The Morgan fingerprint density at radius 1 is 1.33 bits per heavy atom. The quantitative estimate of drug-likeness (QED) is 0.397. The molecule has 0 aliphatic heterocycles. The first-order valence-electron chi connectivity index (χ1n) is 6.12. The van der Waals surface area contributed by atoms with Crippen molar-refractivity contribution in [2.75, 3.05) is 12.3 Å². The summed E-state index contributed by atoms with van der Waals surface area (Å²) in [4.78, 5) is 34.5. The number of rotatable bonds is 4. The normalized spacial score (nSPS) is 10.1. The van der Waals surface area contributed by atoms with Crippen LogP contribution < -0.4 is 16.4 Å². The van der Waals surface area contributed by atoms with E-state index < -0.39 is 24.5 Å². The number of esters is 1. The predicted octanol–water partition coefficient (Wildman–Crippen LogP) is 1.26. The lowest BCUT2D eigenvalue weighted by Crippen LogP contribution is -2.44. The Bertz CT molecular complexity index is 560. The third kappa shape index (κ3) is 5.98. The van der Waals surface area contributed by atoms with Crippen LogP contribution in [0.3, 0.4) is 0 Å². The Kier molecular flexibility index (Phi) is 6.40. The number of hydrogen-bond donors (Lipinski definition) is 3. The van der Waals surface area contributed by atoms with Gasteiger partial charge in [-0.3, -0.25) is 10.1 Å². The zero-order chi connectivity index (χ0) is 16.0. The Hall–Kier alpha value is -1.84. The second kappa shape index (κ2) is 7.81. The van der Waals surface area contributed by atoms with Crippen LogP contribution in [0.1, 0.15) is 24.2 Å². The molecular formula is C13H16IN3O4. The zero-order valence-corrected chi connectivity index (χ0v) is 13.8. The van der Waals surface area contributed by atoms with Crippen molar-refractivity contribution in [1.82, 2.24) is 10.6 Å². The molecule has 8 heteroatoms. The molecule has 114 valence electrons. The van der Waals surface area contributed by atoms with Gasteiger partial charge in [0.25, 0.3) is 5.91 Å². The molecule has 7 nitrogen and oxygen atoms in total. The highest BCUT2D eigenvalue weighted by Gasteiger charge is 2.15. The first-order valence-corrected chi connectivity index (χ1v) is 7.20. The SMILES string of the molecule is CC(C)NC(=O)NC(=O)COC(=O)c1cc(I)ccc1N. The van der Waals surface area contributed by atoms with Crippen LogP contribution in [0, 0.1) is 3.57 Å². The summed E-state index contributed by atoms with van der Waals surface area (Å²) in [6.07, 6.45) is 0. The van der Waals surface area contributed by atoms with Gasteiger partial charge in [0.1, 0.15) is 0 Å². The number of anilines is 1. The van der Waals surface area contributed by atoms with Crippen LogP contribution in [0.5, 0.6) is 0 Å². The van der Waals surface area contributed by atoms with Gasteiger partial charge < -0.3 is 15.8 Å². The standard InChI is InChI=1S/C13H16IN3O4/c1-7(2)16-13(20)17-11(18)6-21-12(19)9-5-8(14)3-4-10(9)15/h3-5,7H,6,15H2,1-2H3,(H2,16,17,18,20). The van der Waals surface area contributed by atoms with E-state index in [1.54, 1.807) is 32.0 Å². The molecule has 4 N–H and O–H groups in total. The number of halogens is 1. The number of ether oxygens (including phenoxy) is 1. The molecular weight excluding hydrogens is 389 g/mol. The number of benzene rings is 1. The van der Waals surface area contributed by atoms with Crippen LogP contribution in [0.25, 0.3) is 0 Å². The van der Waals surface area contributed by atoms with Gasteiger partial charge in [0.2, 0.25) is 0 Å². The van der Waals surface area contributed by atoms with Crippen molar-refractivity contribution in [3.05, 3.63) is 27.3 Å². The molecule has 0 bridgehead atoms. The van der Waals surface area contributed by atoms with Gasteiger partial charge in [0.15, 0.2) is 6.61 Å². The molecule has 0 atom stereocenters. The van der Waals surface area contributed by atoms with Crippen molar-refractivity contribution < 1.29 is 19.1 Å². The number of amides is 3. The van der Waals surface area contributed by atoms with Crippen LogP contribution in [0.15, 0.2) is 18.2 Å². The number of urea groups is 1. The minimum absolute atomic E-state index is 0.105. The topological polar surface area (TPSA) is 111 Å². The first-order chi connectivity index (χ1) is 9.79. The van der Waals surface area contributed by atoms with E-state index in [1.165, 1.54) is 0 Å². The maximum absolute atomic E-state index is 11.8. The van der Waals surface area contributed by atoms with Crippen molar-refractivity contribution in [2.24, 2.45) is 0 Å². The average Bonchev–Trinajstić information content (AvgIpc) is 2.37. The number of nitrogen functional groups attached to an aromatic ring is 1. The molecule has 0 aliphatic rings. The predicted molar refractivity (Wildman–Crippen MR) is 85.7 cm³/mol. The van der Waals surface area contributed by atoms with E-state index in [0.29, 0.717) is 0 Å². The van der Waals surface area contributed by atoms with Gasteiger partial charge in [-0.1, -0.05) is 0 Å². The Labute approximate surface area is 135 Å². The molecule has 21 heavy (non-hydrogen) atoms. The highest BCUT2D eigenvalue weighted by molar-refractivity contribution is 14.1. The summed E-state index contributed by atoms with van der Waals surface area (Å²) < 4.78 is 5.63. The fourth-order valence-corrected chi connectivity index (χ4v) is 1.87. The summed E-state index contributed by atoms with van der Waals surface area (Å²) >= 11 is 2.03. The number of carbonyl (C=O) groups is 3. The third-order valence-electron chi connectivity index (χ3n) is 2.24. The second-order valence-electron chi connectivity index (χ2n) is 4.48. The molecule has 1 aromatic rings. The number of hydrogen-bond acceptors (Lipinski definition) is 5. The van der Waals surface area contributed by atoms with Crippen molar-refractivity contribution >= 4 is 46.2 Å². The molecule has 1 aromatic carbocycles. The first kappa shape index (κ1) is 17.2. The van der Waals surface area contributed by atoms with Crippen molar-refractivity contribution in [2.45, 2.75) is 19.9 Å². The molecule has 1 rings (SSSR count). The summed E-state index contributed by atoms with van der Waals surface area (Å²) in [5.41, 5.74) is 6.11. The maximum Gasteiger partial charge on any atom is 0.340 e. The van der Waals surface area contributed by atoms with E-state index in [4.69, 9.17) is 10.5 Å². The van der Waals surface area contributed by atoms with Crippen LogP contribution in [0.2, 0.25) is 0 Å². The van der Waals surface area contributed by atoms with E-state index in [2.05, 4.69) is 5.32 Å². The summed E-state index contributed by atoms with van der Waals surface area (Å²) in [7, 11) is 0. The lowest BCUT2D eigenvalue weighted by Gasteiger charge is -2.10. The van der Waals surface area contributed by atoms with Crippen LogP contribution in [0.4, 0.5) is 10.5 Å². The highest BCUT2D eigenvalue weighted by atomic mass is 127. The summed E-state index contributed by atoms with van der Waals surface area (Å²) in [5.74, 6) is -1.43. The summed E-state index contributed by atoms with van der Waals surface area (Å²) in [5, 5.41) is 4.52. The van der Waals surface area contributed by atoms with E-state index >= 15 is 0 Å². The van der Waals surface area contributed by atoms with Crippen LogP contribution in [-0.2, 0) is 9.53 Å². The lowest BCUT2D eigenvalue weighted by atomic mass is 10.2. The second-order valence-corrected chi connectivity index (χ2v) is 5.73. The Balaban J connectivity index is 2.51. The van der Waals surface area contributed by atoms with Gasteiger partial charge >= 0.3 is 12.0 Å². The molecule has 3 amide bonds. The molecule has 0 spiro atoms. The van der Waals surface area contributed by atoms with Crippen LogP contribution >= 0.6 is 22.6 Å². The molecule has 0 heterocycles. The van der Waals surface area contributed by atoms with Gasteiger partial charge in [0, 0.05) is 15.3 Å². The summed E-state index contributed by atoms with van der Waals surface area (Å²) in [6, 6.07) is 4.14. The number of carbonyl (C=O) groups excluding carboxylic acids is 3. The van der Waals surface area contributed by atoms with Crippen LogP contribution in [-0.4, -0.2) is 30.6 Å². The van der Waals surface area contributed by atoms with E-state index in [9.17, 15) is 14.4 Å². The fraction of sp³-hybridized carbons (Fsp3) is 0.308. The smallest absolute Gasteiger partial charge is 0.340 e. The van der Waals surface area contributed by atoms with Gasteiger partial charge in [0.05, 0.1) is 5.56 Å². The maximum atomic E-state index is 11.8. The number of nitrogens with two attached hydrogens (primary N) is 1. The van der Waals surface area contributed by atoms with Crippen molar-refractivity contribution in [1.29, 1.82) is 0 Å². The largest absolute Gasteiger partial charge is 0.452 e.